The summed E-state index contributed by atoms with van der Waals surface area (Å²) in [5.74, 6) is 0.549. The van der Waals surface area contributed by atoms with E-state index in [-0.39, 0.29) is 12.2 Å². The van der Waals surface area contributed by atoms with Gasteiger partial charge in [0.15, 0.2) is 0 Å². The Morgan fingerprint density at radius 2 is 2.17 bits per heavy atom. The van der Waals surface area contributed by atoms with E-state index in [2.05, 4.69) is 11.8 Å². The number of aliphatic hydroxyl groups is 2. The van der Waals surface area contributed by atoms with E-state index in [1.807, 2.05) is 0 Å². The van der Waals surface area contributed by atoms with E-state index in [4.69, 9.17) is 5.11 Å². The summed E-state index contributed by atoms with van der Waals surface area (Å²) < 4.78 is 0. The molecule has 0 unspecified atom stereocenters. The fourth-order valence-corrected chi connectivity index (χ4v) is 1.95. The van der Waals surface area contributed by atoms with Crippen LogP contribution in [0, 0.1) is 5.92 Å². The molecule has 2 N–H and O–H groups in total. The maximum Gasteiger partial charge on any atom is 0.0670 e. The van der Waals surface area contributed by atoms with Gasteiger partial charge in [-0.25, -0.2) is 0 Å². The second-order valence-corrected chi connectivity index (χ2v) is 4.06. The average molecular weight is 173 g/mol. The summed E-state index contributed by atoms with van der Waals surface area (Å²) in [5, 5.41) is 18.6. The van der Waals surface area contributed by atoms with Crippen molar-refractivity contribution >= 4 is 0 Å². The monoisotopic (exact) mass is 173 g/mol. The molecule has 1 heterocycles. The van der Waals surface area contributed by atoms with Gasteiger partial charge in [-0.1, -0.05) is 6.92 Å². The van der Waals surface area contributed by atoms with Crippen LogP contribution in [-0.2, 0) is 0 Å². The number of likely N-dealkylation sites (tertiary alicyclic amines) is 1. The van der Waals surface area contributed by atoms with Crippen LogP contribution in [0.5, 0.6) is 0 Å². The molecule has 0 radical (unpaired) electrons. The Balaban J connectivity index is 2.34. The molecule has 0 bridgehead atoms. The molecule has 0 aromatic carbocycles. The summed E-state index contributed by atoms with van der Waals surface area (Å²) in [6.45, 7) is 6.32. The van der Waals surface area contributed by atoms with E-state index in [0.29, 0.717) is 12.5 Å². The molecule has 0 amide bonds. The van der Waals surface area contributed by atoms with E-state index >= 15 is 0 Å². The molecule has 3 atom stereocenters. The summed E-state index contributed by atoms with van der Waals surface area (Å²) in [6.07, 6.45) is 0.408. The van der Waals surface area contributed by atoms with Gasteiger partial charge in [-0.3, -0.25) is 4.90 Å². The van der Waals surface area contributed by atoms with Gasteiger partial charge >= 0.3 is 0 Å². The van der Waals surface area contributed by atoms with Crippen LogP contribution < -0.4 is 0 Å². The predicted octanol–water partition coefficient (Wildman–Crippen LogP) is 0.0699. The summed E-state index contributed by atoms with van der Waals surface area (Å²) in [4.78, 5) is 2.13. The number of piperidine rings is 1. The SMILES string of the molecule is C[C@H]1C[C@@H](O)CN(C[C@H](C)O)C1. The van der Waals surface area contributed by atoms with Crippen molar-refractivity contribution in [2.24, 2.45) is 5.92 Å². The number of aliphatic hydroxyl groups excluding tert-OH is 2. The quantitative estimate of drug-likeness (QED) is 0.621. The first-order valence-corrected chi connectivity index (χ1v) is 4.66. The van der Waals surface area contributed by atoms with Gasteiger partial charge in [0.1, 0.15) is 0 Å². The maximum absolute atomic E-state index is 9.44. The first-order valence-electron chi connectivity index (χ1n) is 4.66. The van der Waals surface area contributed by atoms with Gasteiger partial charge < -0.3 is 10.2 Å². The Hall–Kier alpha value is -0.120. The summed E-state index contributed by atoms with van der Waals surface area (Å²) in [6, 6.07) is 0. The molecular weight excluding hydrogens is 154 g/mol. The number of nitrogens with zero attached hydrogens (tertiary/aromatic N) is 1. The van der Waals surface area contributed by atoms with E-state index in [1.165, 1.54) is 0 Å². The number of hydrogen-bond acceptors (Lipinski definition) is 3. The standard InChI is InChI=1S/C9H19NO2/c1-7-3-9(12)6-10(4-7)5-8(2)11/h7-9,11-12H,3-6H2,1-2H3/t7-,8-,9+/m0/s1. The fraction of sp³-hybridized carbons (Fsp3) is 1.00. The second-order valence-electron chi connectivity index (χ2n) is 4.06. The lowest BCUT2D eigenvalue weighted by molar-refractivity contribution is 0.0229. The van der Waals surface area contributed by atoms with Crippen LogP contribution in [-0.4, -0.2) is 47.0 Å². The molecule has 0 saturated carbocycles. The smallest absolute Gasteiger partial charge is 0.0670 e. The van der Waals surface area contributed by atoms with Crippen molar-refractivity contribution in [3.8, 4) is 0 Å². The Kier molecular flexibility index (Phi) is 3.50. The minimum absolute atomic E-state index is 0.201. The molecular formula is C9H19NO2. The third-order valence-electron chi connectivity index (χ3n) is 2.24. The van der Waals surface area contributed by atoms with Gasteiger partial charge in [0.05, 0.1) is 12.2 Å². The maximum atomic E-state index is 9.44. The summed E-state index contributed by atoms with van der Waals surface area (Å²) >= 11 is 0. The lowest BCUT2D eigenvalue weighted by atomic mass is 9.98. The molecule has 0 aromatic heterocycles. The largest absolute Gasteiger partial charge is 0.392 e. The van der Waals surface area contributed by atoms with Gasteiger partial charge in [-0.2, -0.15) is 0 Å². The van der Waals surface area contributed by atoms with Gasteiger partial charge in [-0.15, -0.1) is 0 Å². The highest BCUT2D eigenvalue weighted by Gasteiger charge is 2.23. The highest BCUT2D eigenvalue weighted by molar-refractivity contribution is 4.77. The highest BCUT2D eigenvalue weighted by Crippen LogP contribution is 2.15. The van der Waals surface area contributed by atoms with Crippen LogP contribution in [0.1, 0.15) is 20.3 Å². The van der Waals surface area contributed by atoms with Crippen molar-refractivity contribution in [2.45, 2.75) is 32.5 Å². The van der Waals surface area contributed by atoms with Crippen molar-refractivity contribution in [3.63, 3.8) is 0 Å². The molecule has 12 heavy (non-hydrogen) atoms. The summed E-state index contributed by atoms with van der Waals surface area (Å²) in [5.41, 5.74) is 0. The van der Waals surface area contributed by atoms with Crippen LogP contribution in [0.15, 0.2) is 0 Å². The van der Waals surface area contributed by atoms with Gasteiger partial charge in [-0.05, 0) is 19.3 Å². The molecule has 1 fully saturated rings. The van der Waals surface area contributed by atoms with Crippen LogP contribution in [0.25, 0.3) is 0 Å². The van der Waals surface area contributed by atoms with Crippen molar-refractivity contribution in [1.29, 1.82) is 0 Å². The van der Waals surface area contributed by atoms with E-state index < -0.39 is 0 Å². The minimum Gasteiger partial charge on any atom is -0.392 e. The van der Waals surface area contributed by atoms with Crippen LogP contribution in [0.4, 0.5) is 0 Å². The average Bonchev–Trinajstić information content (AvgIpc) is 1.81. The Morgan fingerprint density at radius 3 is 2.67 bits per heavy atom. The minimum atomic E-state index is -0.289. The van der Waals surface area contributed by atoms with Gasteiger partial charge in [0.25, 0.3) is 0 Å². The molecule has 0 aromatic rings. The van der Waals surface area contributed by atoms with Crippen LogP contribution >= 0.6 is 0 Å². The van der Waals surface area contributed by atoms with E-state index in [1.54, 1.807) is 6.92 Å². The lowest BCUT2D eigenvalue weighted by Gasteiger charge is -2.34. The zero-order chi connectivity index (χ0) is 9.14. The first-order chi connectivity index (χ1) is 5.58. The van der Waals surface area contributed by atoms with Crippen LogP contribution in [0.3, 0.4) is 0 Å². The predicted molar refractivity (Wildman–Crippen MR) is 47.9 cm³/mol. The van der Waals surface area contributed by atoms with E-state index in [9.17, 15) is 5.11 Å². The Labute approximate surface area is 74.0 Å². The molecule has 3 heteroatoms. The van der Waals surface area contributed by atoms with E-state index in [0.717, 1.165) is 19.5 Å². The van der Waals surface area contributed by atoms with Gasteiger partial charge in [0, 0.05) is 19.6 Å². The van der Waals surface area contributed by atoms with Crippen molar-refractivity contribution < 1.29 is 10.2 Å². The normalized spacial score (nSPS) is 35.0. The molecule has 1 rings (SSSR count). The first kappa shape index (κ1) is 9.96. The van der Waals surface area contributed by atoms with Gasteiger partial charge in [0.2, 0.25) is 0 Å². The molecule has 0 aliphatic carbocycles. The molecule has 0 spiro atoms. The molecule has 1 aliphatic rings. The molecule has 72 valence electrons. The lowest BCUT2D eigenvalue weighted by Crippen LogP contribution is -2.44. The fourth-order valence-electron chi connectivity index (χ4n) is 1.95. The second kappa shape index (κ2) is 4.21. The molecule has 3 nitrogen and oxygen atoms in total. The third-order valence-corrected chi connectivity index (χ3v) is 2.24. The molecule has 1 saturated heterocycles. The number of β-amino-alcohol motifs (C(OH)–C–C–N with tert-alkyl or cyclic N) is 2. The topological polar surface area (TPSA) is 43.7 Å². The number of rotatable bonds is 2. The summed E-state index contributed by atoms with van der Waals surface area (Å²) in [7, 11) is 0. The third kappa shape index (κ3) is 3.09. The van der Waals surface area contributed by atoms with Crippen molar-refractivity contribution in [1.82, 2.24) is 4.90 Å². The molecule has 1 aliphatic heterocycles. The van der Waals surface area contributed by atoms with Crippen LogP contribution in [0.2, 0.25) is 0 Å². The zero-order valence-corrected chi connectivity index (χ0v) is 7.90. The Bertz CT molecular complexity index is 126. The highest BCUT2D eigenvalue weighted by atomic mass is 16.3. The Morgan fingerprint density at radius 1 is 1.50 bits per heavy atom. The van der Waals surface area contributed by atoms with Crippen molar-refractivity contribution in [2.75, 3.05) is 19.6 Å². The zero-order valence-electron chi connectivity index (χ0n) is 7.90. The van der Waals surface area contributed by atoms with Crippen molar-refractivity contribution in [3.05, 3.63) is 0 Å². The number of hydrogen-bond donors (Lipinski definition) is 2.